The zero-order chi connectivity index (χ0) is 20.0. The van der Waals surface area contributed by atoms with E-state index in [4.69, 9.17) is 9.47 Å². The summed E-state index contributed by atoms with van der Waals surface area (Å²) >= 11 is 1.73. The van der Waals surface area contributed by atoms with E-state index in [2.05, 4.69) is 16.9 Å². The third-order valence-corrected chi connectivity index (χ3v) is 6.48. The highest BCUT2D eigenvalue weighted by Gasteiger charge is 2.17. The van der Waals surface area contributed by atoms with Gasteiger partial charge in [0, 0.05) is 22.4 Å². The number of anilines is 1. The van der Waals surface area contributed by atoms with Crippen molar-refractivity contribution in [2.75, 3.05) is 18.9 Å². The zero-order valence-corrected chi connectivity index (χ0v) is 17.2. The second-order valence-electron chi connectivity index (χ2n) is 5.92. The largest absolute Gasteiger partial charge is 0.493 e. The maximum atomic E-state index is 12.7. The lowest BCUT2D eigenvalue weighted by Crippen LogP contribution is -2.13. The number of benzene rings is 3. The van der Waals surface area contributed by atoms with Gasteiger partial charge in [0.05, 0.1) is 19.1 Å². The zero-order valence-electron chi connectivity index (χ0n) is 15.6. The van der Waals surface area contributed by atoms with Crippen LogP contribution in [-0.2, 0) is 15.8 Å². The highest BCUT2D eigenvalue weighted by molar-refractivity contribution is 7.98. The summed E-state index contributed by atoms with van der Waals surface area (Å²) in [5.74, 6) is 1.65. The summed E-state index contributed by atoms with van der Waals surface area (Å²) < 4.78 is 38.2. The van der Waals surface area contributed by atoms with Crippen LogP contribution in [0.4, 0.5) is 5.69 Å². The van der Waals surface area contributed by atoms with Gasteiger partial charge in [-0.05, 0) is 42.0 Å². The van der Waals surface area contributed by atoms with Crippen molar-refractivity contribution in [3.05, 3.63) is 78.4 Å². The van der Waals surface area contributed by atoms with E-state index in [-0.39, 0.29) is 4.90 Å². The Kier molecular flexibility index (Phi) is 6.49. The summed E-state index contributed by atoms with van der Waals surface area (Å²) in [6.45, 7) is 0. The van der Waals surface area contributed by atoms with Crippen molar-refractivity contribution >= 4 is 27.5 Å². The van der Waals surface area contributed by atoms with Crippen LogP contribution in [0.1, 0.15) is 5.56 Å². The highest BCUT2D eigenvalue weighted by atomic mass is 32.2. The summed E-state index contributed by atoms with van der Waals surface area (Å²) in [4.78, 5) is 1.30. The van der Waals surface area contributed by atoms with E-state index in [1.54, 1.807) is 30.0 Å². The van der Waals surface area contributed by atoms with E-state index in [1.807, 2.05) is 30.3 Å². The second-order valence-corrected chi connectivity index (χ2v) is 8.65. The van der Waals surface area contributed by atoms with E-state index < -0.39 is 10.0 Å². The highest BCUT2D eigenvalue weighted by Crippen LogP contribution is 2.30. The molecule has 0 radical (unpaired) electrons. The molecule has 0 heterocycles. The lowest BCUT2D eigenvalue weighted by molar-refractivity contribution is 0.354. The first-order valence-corrected chi connectivity index (χ1v) is 11.0. The number of rotatable bonds is 8. The second kappa shape index (κ2) is 9.03. The van der Waals surface area contributed by atoms with Gasteiger partial charge in [0.15, 0.2) is 11.5 Å². The molecule has 0 fully saturated rings. The van der Waals surface area contributed by atoms with Gasteiger partial charge in [-0.25, -0.2) is 8.42 Å². The average Bonchev–Trinajstić information content (AvgIpc) is 2.73. The molecule has 0 aliphatic rings. The van der Waals surface area contributed by atoms with Gasteiger partial charge in [0.2, 0.25) is 0 Å². The number of sulfonamides is 1. The van der Waals surface area contributed by atoms with Gasteiger partial charge in [-0.1, -0.05) is 30.3 Å². The Bertz CT molecular complexity index is 1020. The van der Waals surface area contributed by atoms with E-state index in [0.717, 1.165) is 11.3 Å². The van der Waals surface area contributed by atoms with E-state index in [1.165, 1.54) is 31.2 Å². The molecule has 146 valence electrons. The van der Waals surface area contributed by atoms with E-state index in [9.17, 15) is 8.42 Å². The number of methoxy groups -OCH3 is 2. The first kappa shape index (κ1) is 20.1. The monoisotopic (exact) mass is 415 g/mol. The summed E-state index contributed by atoms with van der Waals surface area (Å²) in [6.07, 6.45) is 0. The van der Waals surface area contributed by atoms with Crippen LogP contribution < -0.4 is 14.2 Å². The Hall–Kier alpha value is -2.64. The van der Waals surface area contributed by atoms with Gasteiger partial charge in [0.1, 0.15) is 0 Å². The number of ether oxygens (including phenoxy) is 2. The molecule has 28 heavy (non-hydrogen) atoms. The minimum absolute atomic E-state index is 0.105. The van der Waals surface area contributed by atoms with Crippen molar-refractivity contribution in [3.63, 3.8) is 0 Å². The molecule has 0 spiro atoms. The van der Waals surface area contributed by atoms with E-state index in [0.29, 0.717) is 17.2 Å². The maximum Gasteiger partial charge on any atom is 0.262 e. The van der Waals surface area contributed by atoms with Crippen LogP contribution >= 0.6 is 11.8 Å². The summed E-state index contributed by atoms with van der Waals surface area (Å²) in [7, 11) is -0.762. The molecule has 0 saturated carbocycles. The summed E-state index contributed by atoms with van der Waals surface area (Å²) in [5.41, 5.74) is 1.62. The molecular weight excluding hydrogens is 394 g/mol. The van der Waals surface area contributed by atoms with Crippen molar-refractivity contribution in [2.24, 2.45) is 0 Å². The van der Waals surface area contributed by atoms with Crippen LogP contribution in [0, 0.1) is 0 Å². The van der Waals surface area contributed by atoms with Gasteiger partial charge >= 0.3 is 0 Å². The van der Waals surface area contributed by atoms with Crippen molar-refractivity contribution in [1.82, 2.24) is 0 Å². The Morgan fingerprint density at radius 2 is 1.54 bits per heavy atom. The number of hydrogen-bond acceptors (Lipinski definition) is 5. The summed E-state index contributed by atoms with van der Waals surface area (Å²) in [6, 6.07) is 22.0. The fourth-order valence-electron chi connectivity index (χ4n) is 2.55. The lowest BCUT2D eigenvalue weighted by atomic mass is 10.2. The molecule has 5 nitrogen and oxygen atoms in total. The number of hydrogen-bond donors (Lipinski definition) is 1. The predicted molar refractivity (Wildman–Crippen MR) is 113 cm³/mol. The first-order valence-electron chi connectivity index (χ1n) is 8.53. The standard InChI is InChI=1S/C21H21NO4S2/c1-25-20-13-12-19(14-21(20)26-2)28(23,24)22-17-10-8-16(9-11-17)15-27-18-6-4-3-5-7-18/h3-14,22H,15H2,1-2H3. The normalized spacial score (nSPS) is 11.1. The molecule has 3 aromatic carbocycles. The van der Waals surface area contributed by atoms with Crippen molar-refractivity contribution in [2.45, 2.75) is 15.5 Å². The van der Waals surface area contributed by atoms with Crippen LogP contribution in [-0.4, -0.2) is 22.6 Å². The quantitative estimate of drug-likeness (QED) is 0.536. The first-order chi connectivity index (χ1) is 13.5. The van der Waals surface area contributed by atoms with Crippen LogP contribution in [0.5, 0.6) is 11.5 Å². The Morgan fingerprint density at radius 3 is 2.18 bits per heavy atom. The molecule has 1 N–H and O–H groups in total. The van der Waals surface area contributed by atoms with Crippen LogP contribution in [0.3, 0.4) is 0 Å². The fourth-order valence-corrected chi connectivity index (χ4v) is 4.50. The smallest absolute Gasteiger partial charge is 0.262 e. The average molecular weight is 416 g/mol. The number of nitrogens with one attached hydrogen (secondary N) is 1. The minimum Gasteiger partial charge on any atom is -0.493 e. The van der Waals surface area contributed by atoms with Crippen molar-refractivity contribution < 1.29 is 17.9 Å². The van der Waals surface area contributed by atoms with Gasteiger partial charge in [-0.3, -0.25) is 4.72 Å². The minimum atomic E-state index is -3.73. The van der Waals surface area contributed by atoms with Gasteiger partial charge in [-0.2, -0.15) is 0 Å². The topological polar surface area (TPSA) is 64.6 Å². The molecule has 0 aliphatic carbocycles. The van der Waals surface area contributed by atoms with Gasteiger partial charge < -0.3 is 9.47 Å². The third kappa shape index (κ3) is 4.99. The molecule has 3 aromatic rings. The van der Waals surface area contributed by atoms with Gasteiger partial charge in [-0.15, -0.1) is 11.8 Å². The van der Waals surface area contributed by atoms with E-state index >= 15 is 0 Å². The maximum absolute atomic E-state index is 12.7. The summed E-state index contributed by atoms with van der Waals surface area (Å²) in [5, 5.41) is 0. The predicted octanol–water partition coefficient (Wildman–Crippen LogP) is 4.80. The molecule has 0 atom stereocenters. The molecule has 0 bridgehead atoms. The number of thioether (sulfide) groups is 1. The SMILES string of the molecule is COc1ccc(S(=O)(=O)Nc2ccc(CSc3ccccc3)cc2)cc1OC. The molecule has 7 heteroatoms. The fraction of sp³-hybridized carbons (Fsp3) is 0.143. The molecular formula is C21H21NO4S2. The van der Waals surface area contributed by atoms with Crippen LogP contribution in [0.15, 0.2) is 82.6 Å². The molecule has 0 unspecified atom stereocenters. The van der Waals surface area contributed by atoms with Crippen molar-refractivity contribution in [3.8, 4) is 11.5 Å². The molecule has 0 aromatic heterocycles. The van der Waals surface area contributed by atoms with Crippen LogP contribution in [0.2, 0.25) is 0 Å². The molecule has 0 amide bonds. The Morgan fingerprint density at radius 1 is 0.857 bits per heavy atom. The molecule has 3 rings (SSSR count). The van der Waals surface area contributed by atoms with Crippen molar-refractivity contribution in [1.29, 1.82) is 0 Å². The molecule has 0 aliphatic heterocycles. The van der Waals surface area contributed by atoms with Gasteiger partial charge in [0.25, 0.3) is 10.0 Å². The Balaban J connectivity index is 1.69. The Labute approximate surface area is 169 Å². The lowest BCUT2D eigenvalue weighted by Gasteiger charge is -2.12. The third-order valence-electron chi connectivity index (χ3n) is 4.02. The van der Waals surface area contributed by atoms with Crippen LogP contribution in [0.25, 0.3) is 0 Å². The molecule has 0 saturated heterocycles.